The third-order valence-electron chi connectivity index (χ3n) is 2.69. The van der Waals surface area contributed by atoms with E-state index >= 15 is 0 Å². The van der Waals surface area contributed by atoms with Crippen LogP contribution in [0, 0.1) is 5.92 Å². The van der Waals surface area contributed by atoms with Gasteiger partial charge in [-0.25, -0.2) is 4.79 Å². The summed E-state index contributed by atoms with van der Waals surface area (Å²) in [6, 6.07) is 0.00829. The molecule has 1 saturated carbocycles. The molecule has 98 valence electrons. The number of esters is 1. The van der Waals surface area contributed by atoms with Gasteiger partial charge >= 0.3 is 12.1 Å². The van der Waals surface area contributed by atoms with Gasteiger partial charge in [0, 0.05) is 6.04 Å². The van der Waals surface area contributed by atoms with Crippen molar-refractivity contribution in [2.24, 2.45) is 5.92 Å². The molecule has 1 N–H and O–H groups in total. The Labute approximate surface area is 102 Å². The topological polar surface area (TPSA) is 64.6 Å². The molecule has 0 unspecified atom stereocenters. The standard InChI is InChI=1S/C12H21NO4/c1-12(2,3)17-11(15)13-9-6-5-8(7-9)10(14)16-4/h8-9H,5-7H2,1-4H3,(H,13,15)/t8-,9+/m0/s1. The van der Waals surface area contributed by atoms with E-state index in [1.165, 1.54) is 7.11 Å². The van der Waals surface area contributed by atoms with Crippen molar-refractivity contribution in [3.63, 3.8) is 0 Å². The van der Waals surface area contributed by atoms with Gasteiger partial charge in [0.25, 0.3) is 0 Å². The minimum Gasteiger partial charge on any atom is -0.469 e. The largest absolute Gasteiger partial charge is 0.469 e. The van der Waals surface area contributed by atoms with Gasteiger partial charge in [0.15, 0.2) is 0 Å². The summed E-state index contributed by atoms with van der Waals surface area (Å²) in [6.07, 6.45) is 1.76. The van der Waals surface area contributed by atoms with Gasteiger partial charge in [-0.15, -0.1) is 0 Å². The molecule has 0 heterocycles. The van der Waals surface area contributed by atoms with E-state index in [4.69, 9.17) is 4.74 Å². The Bertz CT molecular complexity index is 295. The quantitative estimate of drug-likeness (QED) is 0.752. The second-order valence-corrected chi connectivity index (χ2v) is 5.38. The summed E-state index contributed by atoms with van der Waals surface area (Å²) in [7, 11) is 1.39. The zero-order valence-corrected chi connectivity index (χ0v) is 10.9. The average Bonchev–Trinajstić information content (AvgIpc) is 2.62. The van der Waals surface area contributed by atoms with Crippen LogP contribution in [0.5, 0.6) is 0 Å². The fraction of sp³-hybridized carbons (Fsp3) is 0.833. The molecule has 0 aromatic rings. The van der Waals surface area contributed by atoms with Crippen molar-refractivity contribution in [2.45, 2.75) is 51.7 Å². The first-order valence-corrected chi connectivity index (χ1v) is 5.89. The number of methoxy groups -OCH3 is 1. The van der Waals surface area contributed by atoms with Crippen molar-refractivity contribution in [1.29, 1.82) is 0 Å². The number of alkyl carbamates (subject to hydrolysis) is 1. The highest BCUT2D eigenvalue weighted by atomic mass is 16.6. The molecular weight excluding hydrogens is 222 g/mol. The molecule has 0 aromatic heterocycles. The van der Waals surface area contributed by atoms with Gasteiger partial charge < -0.3 is 14.8 Å². The van der Waals surface area contributed by atoms with Crippen LogP contribution in [0.4, 0.5) is 4.79 Å². The fourth-order valence-electron chi connectivity index (χ4n) is 1.97. The molecule has 1 amide bonds. The second-order valence-electron chi connectivity index (χ2n) is 5.38. The van der Waals surface area contributed by atoms with Crippen LogP contribution in [0.2, 0.25) is 0 Å². The lowest BCUT2D eigenvalue weighted by Gasteiger charge is -2.21. The number of ether oxygens (including phenoxy) is 2. The van der Waals surface area contributed by atoms with E-state index in [9.17, 15) is 9.59 Å². The van der Waals surface area contributed by atoms with Crippen molar-refractivity contribution >= 4 is 12.1 Å². The number of carbonyl (C=O) groups is 2. The summed E-state index contributed by atoms with van der Waals surface area (Å²) in [5.74, 6) is -0.293. The van der Waals surface area contributed by atoms with E-state index in [-0.39, 0.29) is 17.9 Å². The van der Waals surface area contributed by atoms with Crippen LogP contribution >= 0.6 is 0 Å². The van der Waals surface area contributed by atoms with E-state index in [2.05, 4.69) is 10.1 Å². The van der Waals surface area contributed by atoms with Crippen molar-refractivity contribution in [3.05, 3.63) is 0 Å². The minimum absolute atomic E-state index is 0.00829. The first-order valence-electron chi connectivity index (χ1n) is 5.89. The average molecular weight is 243 g/mol. The Morgan fingerprint density at radius 1 is 1.24 bits per heavy atom. The Kier molecular flexibility index (Phi) is 4.37. The van der Waals surface area contributed by atoms with Crippen molar-refractivity contribution in [3.8, 4) is 0 Å². The van der Waals surface area contributed by atoms with E-state index in [1.807, 2.05) is 20.8 Å². The van der Waals surface area contributed by atoms with Crippen molar-refractivity contribution in [1.82, 2.24) is 5.32 Å². The zero-order chi connectivity index (χ0) is 13.1. The van der Waals surface area contributed by atoms with Crippen LogP contribution in [0.25, 0.3) is 0 Å². The van der Waals surface area contributed by atoms with Crippen LogP contribution in [0.3, 0.4) is 0 Å². The van der Waals surface area contributed by atoms with Gasteiger partial charge in [-0.1, -0.05) is 0 Å². The first kappa shape index (κ1) is 13.8. The summed E-state index contributed by atoms with van der Waals surface area (Å²) >= 11 is 0. The molecule has 0 radical (unpaired) electrons. The number of hydrogen-bond acceptors (Lipinski definition) is 4. The molecule has 0 aromatic carbocycles. The normalized spacial score (nSPS) is 24.2. The molecule has 17 heavy (non-hydrogen) atoms. The molecule has 5 heteroatoms. The van der Waals surface area contributed by atoms with Crippen LogP contribution in [-0.2, 0) is 14.3 Å². The summed E-state index contributed by atoms with van der Waals surface area (Å²) < 4.78 is 9.84. The van der Waals surface area contributed by atoms with E-state index < -0.39 is 11.7 Å². The van der Waals surface area contributed by atoms with Gasteiger partial charge in [-0.3, -0.25) is 4.79 Å². The number of amides is 1. The van der Waals surface area contributed by atoms with E-state index in [0.29, 0.717) is 6.42 Å². The van der Waals surface area contributed by atoms with Gasteiger partial charge in [0.05, 0.1) is 13.0 Å². The highest BCUT2D eigenvalue weighted by Gasteiger charge is 2.32. The number of hydrogen-bond donors (Lipinski definition) is 1. The van der Waals surface area contributed by atoms with Gasteiger partial charge in [-0.2, -0.15) is 0 Å². The maximum atomic E-state index is 11.5. The Morgan fingerprint density at radius 3 is 2.41 bits per heavy atom. The lowest BCUT2D eigenvalue weighted by atomic mass is 10.1. The van der Waals surface area contributed by atoms with Gasteiger partial charge in [0.1, 0.15) is 5.60 Å². The molecule has 1 aliphatic carbocycles. The summed E-state index contributed by atoms with van der Waals surface area (Å²) in [4.78, 5) is 22.8. The maximum Gasteiger partial charge on any atom is 0.407 e. The van der Waals surface area contributed by atoms with Gasteiger partial charge in [0.2, 0.25) is 0 Å². The molecule has 0 aliphatic heterocycles. The molecule has 0 saturated heterocycles. The third kappa shape index (κ3) is 4.63. The molecule has 0 bridgehead atoms. The zero-order valence-electron chi connectivity index (χ0n) is 10.9. The highest BCUT2D eigenvalue weighted by molar-refractivity contribution is 5.73. The van der Waals surface area contributed by atoms with Crippen LogP contribution in [0.1, 0.15) is 40.0 Å². The van der Waals surface area contributed by atoms with Crippen molar-refractivity contribution < 1.29 is 19.1 Å². The van der Waals surface area contributed by atoms with E-state index in [0.717, 1.165) is 12.8 Å². The summed E-state index contributed by atoms with van der Waals surface area (Å²) in [5, 5.41) is 2.78. The van der Waals surface area contributed by atoms with Crippen LogP contribution < -0.4 is 5.32 Å². The molecule has 0 spiro atoms. The summed E-state index contributed by atoms with van der Waals surface area (Å²) in [6.45, 7) is 5.45. The van der Waals surface area contributed by atoms with Crippen LogP contribution in [-0.4, -0.2) is 30.8 Å². The predicted octanol–water partition coefficient (Wildman–Crippen LogP) is 1.85. The highest BCUT2D eigenvalue weighted by Crippen LogP contribution is 2.26. The molecule has 1 aliphatic rings. The SMILES string of the molecule is COC(=O)[C@H]1CC[C@@H](NC(=O)OC(C)(C)C)C1. The lowest BCUT2D eigenvalue weighted by molar-refractivity contribution is -0.145. The predicted molar refractivity (Wildman–Crippen MR) is 62.5 cm³/mol. The second kappa shape index (κ2) is 5.38. The first-order chi connectivity index (χ1) is 7.81. The number of nitrogens with one attached hydrogen (secondary N) is 1. The van der Waals surface area contributed by atoms with Crippen molar-refractivity contribution in [2.75, 3.05) is 7.11 Å². The molecule has 2 atom stereocenters. The number of rotatable bonds is 2. The smallest absolute Gasteiger partial charge is 0.407 e. The summed E-state index contributed by atoms with van der Waals surface area (Å²) in [5.41, 5.74) is -0.496. The molecular formula is C12H21NO4. The lowest BCUT2D eigenvalue weighted by Crippen LogP contribution is -2.38. The fourth-order valence-corrected chi connectivity index (χ4v) is 1.97. The Hall–Kier alpha value is -1.26. The molecule has 5 nitrogen and oxygen atoms in total. The van der Waals surface area contributed by atoms with Crippen LogP contribution in [0.15, 0.2) is 0 Å². The maximum absolute atomic E-state index is 11.5. The Morgan fingerprint density at radius 2 is 1.88 bits per heavy atom. The molecule has 1 rings (SSSR count). The minimum atomic E-state index is -0.496. The Balaban J connectivity index is 2.35. The molecule has 1 fully saturated rings. The number of carbonyl (C=O) groups excluding carboxylic acids is 2. The van der Waals surface area contributed by atoms with Gasteiger partial charge in [-0.05, 0) is 40.0 Å². The third-order valence-corrected chi connectivity index (χ3v) is 2.69. The van der Waals surface area contributed by atoms with E-state index in [1.54, 1.807) is 0 Å². The monoisotopic (exact) mass is 243 g/mol.